The number of dihydropyridines is 1. The Bertz CT molecular complexity index is 1270. The van der Waals surface area contributed by atoms with Gasteiger partial charge in [-0.05, 0) is 80.6 Å². The third-order valence-corrected chi connectivity index (χ3v) is 13.5. The molecule has 6 nitrogen and oxygen atoms in total. The monoisotopic (exact) mass is 561 g/mol. The van der Waals surface area contributed by atoms with E-state index in [0.29, 0.717) is 23.0 Å². The molecule has 222 valence electrons. The van der Waals surface area contributed by atoms with Crippen molar-refractivity contribution in [3.05, 3.63) is 52.6 Å². The van der Waals surface area contributed by atoms with E-state index in [1.165, 1.54) is 12.8 Å². The first-order chi connectivity index (χ1) is 19.1. The van der Waals surface area contributed by atoms with Crippen molar-refractivity contribution in [2.75, 3.05) is 0 Å². The summed E-state index contributed by atoms with van der Waals surface area (Å²) >= 11 is 0. The fraction of sp³-hybridized carbons (Fsp3) is 0.686. The van der Waals surface area contributed by atoms with Crippen molar-refractivity contribution in [1.29, 1.82) is 0 Å². The van der Waals surface area contributed by atoms with Gasteiger partial charge in [-0.2, -0.15) is 0 Å². The zero-order chi connectivity index (χ0) is 29.7. The number of nitrogens with zero attached hydrogens (tertiary/aromatic N) is 1. The predicted molar refractivity (Wildman–Crippen MR) is 157 cm³/mol. The van der Waals surface area contributed by atoms with Crippen LogP contribution >= 0.6 is 0 Å². The number of aromatic nitrogens is 1. The maximum atomic E-state index is 14.2. The number of carbonyl (C=O) groups is 2. The molecule has 6 rings (SSSR count). The smallest absolute Gasteiger partial charge is 0.337 e. The molecule has 6 unspecified atom stereocenters. The maximum Gasteiger partial charge on any atom is 0.337 e. The molecule has 1 N–H and O–H groups in total. The summed E-state index contributed by atoms with van der Waals surface area (Å²) in [6, 6.07) is 4.00. The lowest BCUT2D eigenvalue weighted by Gasteiger charge is -2.40. The molecular weight excluding hydrogens is 512 g/mol. The molecule has 4 aliphatic carbocycles. The summed E-state index contributed by atoms with van der Waals surface area (Å²) in [6.45, 7) is 17.7. The quantitative estimate of drug-likeness (QED) is 0.339. The third-order valence-electron chi connectivity index (χ3n) is 13.5. The van der Waals surface area contributed by atoms with Crippen molar-refractivity contribution in [2.45, 2.75) is 112 Å². The van der Waals surface area contributed by atoms with Crippen LogP contribution in [0.3, 0.4) is 0 Å². The van der Waals surface area contributed by atoms with Crippen LogP contribution in [0.15, 0.2) is 47.1 Å². The first kappa shape index (κ1) is 28.5. The number of pyridine rings is 1. The average Bonchev–Trinajstić information content (AvgIpc) is 3.41. The topological polar surface area (TPSA) is 68.5 Å². The second kappa shape index (κ2) is 9.18. The van der Waals surface area contributed by atoms with Gasteiger partial charge in [0, 0.05) is 34.4 Å². The van der Waals surface area contributed by atoms with Crippen molar-refractivity contribution in [3.8, 4) is 0 Å². The van der Waals surface area contributed by atoms with Gasteiger partial charge in [0.15, 0.2) is 12.4 Å². The van der Waals surface area contributed by atoms with Crippen LogP contribution in [0, 0.1) is 33.5 Å². The van der Waals surface area contributed by atoms with Crippen LogP contribution in [0.25, 0.3) is 0 Å². The summed E-state index contributed by atoms with van der Waals surface area (Å²) in [5.74, 6) is -0.0804. The first-order valence-electron chi connectivity index (χ1n) is 15.7. The lowest BCUT2D eigenvalue weighted by atomic mass is 9.70. The Morgan fingerprint density at radius 3 is 1.54 bits per heavy atom. The Morgan fingerprint density at radius 1 is 0.780 bits per heavy atom. The van der Waals surface area contributed by atoms with E-state index >= 15 is 0 Å². The van der Waals surface area contributed by atoms with E-state index < -0.39 is 5.92 Å². The van der Waals surface area contributed by atoms with E-state index in [-0.39, 0.29) is 45.8 Å². The molecule has 5 aliphatic rings. The molecule has 0 radical (unpaired) electrons. The first-order valence-corrected chi connectivity index (χ1v) is 15.7. The molecule has 0 spiro atoms. The molecule has 6 atom stereocenters. The minimum Gasteiger partial charge on any atom is -0.458 e. The molecule has 4 bridgehead atoms. The fourth-order valence-electron chi connectivity index (χ4n) is 9.58. The predicted octanol–water partition coefficient (Wildman–Crippen LogP) is 6.26. The molecular formula is C35H49N2O4+. The number of hydrogen-bond donors (Lipinski definition) is 1. The highest BCUT2D eigenvalue weighted by Gasteiger charge is 2.64. The van der Waals surface area contributed by atoms with Crippen LogP contribution in [-0.4, -0.2) is 24.1 Å². The Labute approximate surface area is 246 Å². The van der Waals surface area contributed by atoms with Gasteiger partial charge in [0.1, 0.15) is 19.3 Å². The number of allylic oxidation sites excluding steroid dienone is 2. The van der Waals surface area contributed by atoms with Crippen LogP contribution in [0.4, 0.5) is 0 Å². The van der Waals surface area contributed by atoms with E-state index in [0.717, 1.165) is 42.6 Å². The van der Waals surface area contributed by atoms with Crippen molar-refractivity contribution >= 4 is 11.9 Å². The van der Waals surface area contributed by atoms with Crippen molar-refractivity contribution in [2.24, 2.45) is 40.5 Å². The molecule has 1 aromatic heterocycles. The van der Waals surface area contributed by atoms with Gasteiger partial charge in [-0.3, -0.25) is 0 Å². The maximum absolute atomic E-state index is 14.2. The summed E-state index contributed by atoms with van der Waals surface area (Å²) in [4.78, 5) is 28.4. The van der Waals surface area contributed by atoms with Crippen LogP contribution in [0.5, 0.6) is 0 Å². The number of ether oxygens (including phenoxy) is 2. The summed E-state index contributed by atoms with van der Waals surface area (Å²) in [5.41, 5.74) is 3.58. The van der Waals surface area contributed by atoms with Gasteiger partial charge in [0.25, 0.3) is 0 Å². The minimum atomic E-state index is -0.559. The Morgan fingerprint density at radius 2 is 1.20 bits per heavy atom. The molecule has 4 fully saturated rings. The summed E-state index contributed by atoms with van der Waals surface area (Å²) in [6.07, 6.45) is 10.0. The van der Waals surface area contributed by atoms with Crippen LogP contribution in [0.1, 0.15) is 105 Å². The highest BCUT2D eigenvalue weighted by molar-refractivity contribution is 6.00. The number of nitrogens with one attached hydrogen (secondary N) is 1. The summed E-state index contributed by atoms with van der Waals surface area (Å²) in [7, 11) is 1.97. The molecule has 0 saturated heterocycles. The lowest BCUT2D eigenvalue weighted by molar-refractivity contribution is -0.671. The number of aryl methyl sites for hydroxylation is 1. The molecule has 1 aromatic rings. The van der Waals surface area contributed by atoms with Crippen molar-refractivity contribution in [1.82, 2.24) is 5.32 Å². The number of carbonyl (C=O) groups excluding carboxylic acids is 2. The standard InChI is InChI=1S/C35H48N2O4/c1-20-27(30(38)40-25-18-23-10-14-34(25,7)32(23,3)4)29(22-12-16-37(9)17-13-22)28(21(2)36-20)31(39)41-26-19-24-11-15-35(26,8)33(24,5)6/h12-13,16-17,23-26,29H,10-11,14-15,18-19H2,1-9H3/p+1. The zero-order valence-electron chi connectivity index (χ0n) is 26.5. The van der Waals surface area contributed by atoms with Crippen molar-refractivity contribution in [3.63, 3.8) is 0 Å². The Hall–Kier alpha value is -2.63. The molecule has 0 aromatic carbocycles. The number of rotatable bonds is 5. The summed E-state index contributed by atoms with van der Waals surface area (Å²) in [5, 5.41) is 3.37. The van der Waals surface area contributed by atoms with Gasteiger partial charge in [0.2, 0.25) is 0 Å². The molecule has 4 saturated carbocycles. The average molecular weight is 562 g/mol. The second-order valence-corrected chi connectivity index (χ2v) is 15.4. The van der Waals surface area contributed by atoms with E-state index in [4.69, 9.17) is 9.47 Å². The van der Waals surface area contributed by atoms with Crippen LogP contribution in [-0.2, 0) is 26.1 Å². The van der Waals surface area contributed by atoms with E-state index in [2.05, 4.69) is 46.9 Å². The number of hydrogen-bond acceptors (Lipinski definition) is 5. The Balaban J connectivity index is 1.33. The van der Waals surface area contributed by atoms with Gasteiger partial charge in [-0.15, -0.1) is 0 Å². The van der Waals surface area contributed by atoms with Gasteiger partial charge < -0.3 is 14.8 Å². The Kier molecular flexibility index (Phi) is 6.38. The largest absolute Gasteiger partial charge is 0.458 e. The molecule has 2 heterocycles. The second-order valence-electron chi connectivity index (χ2n) is 15.4. The minimum absolute atomic E-state index is 0.0442. The SMILES string of the molecule is CC1=C(C(=O)OC2CC3CCC2(C)C3(C)C)C(c2cc[n+](C)cc2)C(C(=O)OC2CC3CCC2(C)C3(C)C)=C(C)N1. The van der Waals surface area contributed by atoms with Gasteiger partial charge in [0.05, 0.1) is 17.1 Å². The normalized spacial score (nSPS) is 38.3. The van der Waals surface area contributed by atoms with E-state index in [1.54, 1.807) is 0 Å². The molecule has 0 amide bonds. The zero-order valence-corrected chi connectivity index (χ0v) is 26.5. The van der Waals surface area contributed by atoms with Gasteiger partial charge >= 0.3 is 11.9 Å². The van der Waals surface area contributed by atoms with Gasteiger partial charge in [-0.25, -0.2) is 14.2 Å². The molecule has 6 heteroatoms. The highest BCUT2D eigenvalue weighted by Crippen LogP contribution is 2.67. The third kappa shape index (κ3) is 3.91. The molecule has 1 aliphatic heterocycles. The van der Waals surface area contributed by atoms with Crippen molar-refractivity contribution < 1.29 is 23.6 Å². The molecule has 41 heavy (non-hydrogen) atoms. The summed E-state index contributed by atoms with van der Waals surface area (Å²) < 4.78 is 14.8. The highest BCUT2D eigenvalue weighted by atomic mass is 16.6. The van der Waals surface area contributed by atoms with Gasteiger partial charge in [-0.1, -0.05) is 41.5 Å². The van der Waals surface area contributed by atoms with Crippen LogP contribution in [0.2, 0.25) is 0 Å². The lowest BCUT2D eigenvalue weighted by Crippen LogP contribution is -2.41. The number of esters is 2. The van der Waals surface area contributed by atoms with Crippen LogP contribution < -0.4 is 9.88 Å². The van der Waals surface area contributed by atoms with E-state index in [1.807, 2.05) is 50.0 Å². The number of fused-ring (bicyclic) bond motifs is 4. The fourth-order valence-corrected chi connectivity index (χ4v) is 9.58. The van der Waals surface area contributed by atoms with E-state index in [9.17, 15) is 9.59 Å².